The SMILES string of the molecule is CC(=O)NCSCC(C(C)=O)N1C(=O)c2ccccc2C1=O. The lowest BCUT2D eigenvalue weighted by Gasteiger charge is -2.23. The minimum Gasteiger partial charge on any atom is -0.347 e. The summed E-state index contributed by atoms with van der Waals surface area (Å²) in [6.07, 6.45) is 0. The standard InChI is InChI=1S/C15H16N2O4S/c1-9(18)13(7-22-8-16-10(2)19)17-14(20)11-5-3-4-6-12(11)15(17)21/h3-6,13H,7-8H2,1-2H3,(H,16,19). The van der Waals surface area contributed by atoms with Crippen LogP contribution in [0.1, 0.15) is 34.6 Å². The van der Waals surface area contributed by atoms with E-state index in [1.807, 2.05) is 0 Å². The number of ketones is 1. The van der Waals surface area contributed by atoms with Crippen LogP contribution in [0.15, 0.2) is 24.3 Å². The van der Waals surface area contributed by atoms with E-state index < -0.39 is 17.9 Å². The predicted octanol–water partition coefficient (Wildman–Crippen LogP) is 1.07. The van der Waals surface area contributed by atoms with Crippen molar-refractivity contribution in [1.29, 1.82) is 0 Å². The van der Waals surface area contributed by atoms with Crippen LogP contribution < -0.4 is 5.32 Å². The van der Waals surface area contributed by atoms with Gasteiger partial charge in [0.25, 0.3) is 11.8 Å². The third-order valence-electron chi connectivity index (χ3n) is 3.31. The smallest absolute Gasteiger partial charge is 0.262 e. The van der Waals surface area contributed by atoms with Gasteiger partial charge in [-0.3, -0.25) is 24.1 Å². The van der Waals surface area contributed by atoms with Gasteiger partial charge < -0.3 is 5.32 Å². The zero-order chi connectivity index (χ0) is 16.3. The van der Waals surface area contributed by atoms with E-state index in [0.29, 0.717) is 17.0 Å². The number of Topliss-reactive ketones (excluding diaryl/α,β-unsaturated/α-hetero) is 1. The lowest BCUT2D eigenvalue weighted by Crippen LogP contribution is -2.45. The summed E-state index contributed by atoms with van der Waals surface area (Å²) in [5.74, 6) is -0.747. The zero-order valence-corrected chi connectivity index (χ0v) is 13.1. The molecule has 1 unspecified atom stereocenters. The fourth-order valence-electron chi connectivity index (χ4n) is 2.19. The zero-order valence-electron chi connectivity index (χ0n) is 12.3. The second-order valence-electron chi connectivity index (χ2n) is 4.90. The van der Waals surface area contributed by atoms with Gasteiger partial charge >= 0.3 is 0 Å². The van der Waals surface area contributed by atoms with Gasteiger partial charge in [0.2, 0.25) is 5.91 Å². The van der Waals surface area contributed by atoms with Crippen molar-refractivity contribution in [3.63, 3.8) is 0 Å². The Kier molecular flexibility index (Phi) is 4.97. The molecule has 1 aromatic carbocycles. The van der Waals surface area contributed by atoms with E-state index in [9.17, 15) is 19.2 Å². The molecule has 1 aromatic rings. The third-order valence-corrected chi connectivity index (χ3v) is 4.21. The number of thioether (sulfide) groups is 1. The molecule has 116 valence electrons. The average molecular weight is 320 g/mol. The van der Waals surface area contributed by atoms with Crippen LogP contribution in [0.4, 0.5) is 0 Å². The van der Waals surface area contributed by atoms with Crippen LogP contribution in [0.3, 0.4) is 0 Å². The number of hydrogen-bond acceptors (Lipinski definition) is 5. The molecule has 7 heteroatoms. The van der Waals surface area contributed by atoms with E-state index in [2.05, 4.69) is 5.32 Å². The van der Waals surface area contributed by atoms with E-state index in [0.717, 1.165) is 4.90 Å². The number of carbonyl (C=O) groups excluding carboxylic acids is 4. The van der Waals surface area contributed by atoms with Crippen molar-refractivity contribution in [3.05, 3.63) is 35.4 Å². The maximum Gasteiger partial charge on any atom is 0.262 e. The number of rotatable bonds is 6. The molecule has 0 aromatic heterocycles. The molecular formula is C15H16N2O4S. The predicted molar refractivity (Wildman–Crippen MR) is 82.6 cm³/mol. The van der Waals surface area contributed by atoms with Crippen LogP contribution in [0.2, 0.25) is 0 Å². The molecule has 0 bridgehead atoms. The molecule has 0 spiro atoms. The van der Waals surface area contributed by atoms with E-state index in [1.165, 1.54) is 25.6 Å². The number of imide groups is 1. The Morgan fingerprint density at radius 1 is 1.14 bits per heavy atom. The van der Waals surface area contributed by atoms with Crippen LogP contribution in [-0.4, -0.2) is 46.1 Å². The summed E-state index contributed by atoms with van der Waals surface area (Å²) in [5, 5.41) is 2.59. The molecule has 0 saturated carbocycles. The molecule has 1 heterocycles. The topological polar surface area (TPSA) is 83.6 Å². The highest BCUT2D eigenvalue weighted by Gasteiger charge is 2.41. The van der Waals surface area contributed by atoms with Gasteiger partial charge in [-0.2, -0.15) is 0 Å². The maximum atomic E-state index is 12.4. The first-order chi connectivity index (χ1) is 10.4. The van der Waals surface area contributed by atoms with Crippen molar-refractivity contribution in [2.45, 2.75) is 19.9 Å². The van der Waals surface area contributed by atoms with E-state index in [1.54, 1.807) is 24.3 Å². The minimum absolute atomic E-state index is 0.174. The molecule has 6 nitrogen and oxygen atoms in total. The van der Waals surface area contributed by atoms with Crippen LogP contribution in [-0.2, 0) is 9.59 Å². The molecule has 0 saturated heterocycles. The molecular weight excluding hydrogens is 304 g/mol. The normalized spacial score (nSPS) is 14.7. The summed E-state index contributed by atoms with van der Waals surface area (Å²) in [7, 11) is 0. The van der Waals surface area contributed by atoms with Gasteiger partial charge in [0, 0.05) is 12.7 Å². The Hall–Kier alpha value is -2.15. The fourth-order valence-corrected chi connectivity index (χ4v) is 3.22. The Bertz CT molecular complexity index is 609. The first-order valence-electron chi connectivity index (χ1n) is 6.73. The number of amides is 3. The van der Waals surface area contributed by atoms with E-state index in [-0.39, 0.29) is 17.4 Å². The first-order valence-corrected chi connectivity index (χ1v) is 7.88. The molecule has 2 rings (SSSR count). The number of carbonyl (C=O) groups is 4. The maximum absolute atomic E-state index is 12.4. The van der Waals surface area contributed by atoms with Crippen LogP contribution in [0, 0.1) is 0 Å². The third kappa shape index (κ3) is 3.19. The second kappa shape index (κ2) is 6.74. The molecule has 1 aliphatic heterocycles. The largest absolute Gasteiger partial charge is 0.347 e. The Morgan fingerprint density at radius 2 is 1.68 bits per heavy atom. The van der Waals surface area contributed by atoms with Crippen molar-refractivity contribution in [2.24, 2.45) is 0 Å². The van der Waals surface area contributed by atoms with Crippen molar-refractivity contribution < 1.29 is 19.2 Å². The number of nitrogens with zero attached hydrogens (tertiary/aromatic N) is 1. The number of nitrogens with one attached hydrogen (secondary N) is 1. The minimum atomic E-state index is -0.828. The molecule has 1 atom stereocenters. The summed E-state index contributed by atoms with van der Waals surface area (Å²) in [6.45, 7) is 2.75. The summed E-state index contributed by atoms with van der Waals surface area (Å²) >= 11 is 1.29. The van der Waals surface area contributed by atoms with Crippen LogP contribution >= 0.6 is 11.8 Å². The Balaban J connectivity index is 2.13. The number of benzene rings is 1. The van der Waals surface area contributed by atoms with Crippen LogP contribution in [0.25, 0.3) is 0 Å². The van der Waals surface area contributed by atoms with E-state index >= 15 is 0 Å². The highest BCUT2D eigenvalue weighted by atomic mass is 32.2. The molecule has 22 heavy (non-hydrogen) atoms. The van der Waals surface area contributed by atoms with Gasteiger partial charge in [0.05, 0.1) is 17.0 Å². The van der Waals surface area contributed by atoms with Crippen molar-refractivity contribution in [2.75, 3.05) is 11.6 Å². The monoisotopic (exact) mass is 320 g/mol. The van der Waals surface area contributed by atoms with Crippen LogP contribution in [0.5, 0.6) is 0 Å². The van der Waals surface area contributed by atoms with Crippen molar-refractivity contribution >= 4 is 35.3 Å². The molecule has 0 aliphatic carbocycles. The molecule has 1 N–H and O–H groups in total. The highest BCUT2D eigenvalue weighted by Crippen LogP contribution is 2.26. The summed E-state index contributed by atoms with van der Waals surface area (Å²) < 4.78 is 0. The Labute approximate surface area is 132 Å². The van der Waals surface area contributed by atoms with Gasteiger partial charge in [0.15, 0.2) is 5.78 Å². The summed E-state index contributed by atoms with van der Waals surface area (Å²) in [4.78, 5) is 48.4. The van der Waals surface area contributed by atoms with Crippen molar-refractivity contribution in [1.82, 2.24) is 10.2 Å². The molecule has 0 fully saturated rings. The van der Waals surface area contributed by atoms with Gasteiger partial charge in [0.1, 0.15) is 6.04 Å². The summed E-state index contributed by atoms with van der Waals surface area (Å²) in [5.41, 5.74) is 0.649. The summed E-state index contributed by atoms with van der Waals surface area (Å²) in [6, 6.07) is 5.70. The highest BCUT2D eigenvalue weighted by molar-refractivity contribution is 7.99. The van der Waals surface area contributed by atoms with Gasteiger partial charge in [-0.15, -0.1) is 11.8 Å². The number of hydrogen-bond donors (Lipinski definition) is 1. The average Bonchev–Trinajstić information content (AvgIpc) is 2.72. The lowest BCUT2D eigenvalue weighted by molar-refractivity contribution is -0.120. The van der Waals surface area contributed by atoms with Gasteiger partial charge in [-0.25, -0.2) is 0 Å². The number of fused-ring (bicyclic) bond motifs is 1. The lowest BCUT2D eigenvalue weighted by atomic mass is 10.1. The van der Waals surface area contributed by atoms with Gasteiger partial charge in [-0.05, 0) is 19.1 Å². The quantitative estimate of drug-likeness (QED) is 0.481. The van der Waals surface area contributed by atoms with Gasteiger partial charge in [-0.1, -0.05) is 12.1 Å². The molecule has 0 radical (unpaired) electrons. The Morgan fingerprint density at radius 3 is 2.14 bits per heavy atom. The van der Waals surface area contributed by atoms with E-state index in [4.69, 9.17) is 0 Å². The first kappa shape index (κ1) is 16.2. The second-order valence-corrected chi connectivity index (χ2v) is 5.93. The van der Waals surface area contributed by atoms with Crippen molar-refractivity contribution in [3.8, 4) is 0 Å². The molecule has 1 aliphatic rings. The fraction of sp³-hybridized carbons (Fsp3) is 0.333. The molecule has 3 amide bonds.